The van der Waals surface area contributed by atoms with Gasteiger partial charge in [0.1, 0.15) is 6.10 Å². The SMILES string of the molecule is OC(c1cc(Br)cc(C(F)(F)F)c1)C(Cl)(Cl)Cl. The van der Waals surface area contributed by atoms with Crippen molar-refractivity contribution >= 4 is 50.7 Å². The average Bonchev–Trinajstić information content (AvgIpc) is 2.12. The van der Waals surface area contributed by atoms with Gasteiger partial charge in [0, 0.05) is 4.47 Å². The third kappa shape index (κ3) is 4.17. The molecule has 1 aromatic carbocycles. The van der Waals surface area contributed by atoms with Gasteiger partial charge in [0.25, 0.3) is 0 Å². The van der Waals surface area contributed by atoms with Crippen LogP contribution in [0, 0.1) is 0 Å². The van der Waals surface area contributed by atoms with Crippen molar-refractivity contribution in [1.82, 2.24) is 0 Å². The van der Waals surface area contributed by atoms with Crippen LogP contribution in [0.5, 0.6) is 0 Å². The first-order valence-electron chi connectivity index (χ1n) is 4.14. The Hall–Kier alpha value is 0.320. The highest BCUT2D eigenvalue weighted by Crippen LogP contribution is 2.42. The Balaban J connectivity index is 3.24. The molecule has 8 heteroatoms. The second-order valence-electron chi connectivity index (χ2n) is 3.22. The highest BCUT2D eigenvalue weighted by atomic mass is 79.9. The van der Waals surface area contributed by atoms with Gasteiger partial charge in [-0.2, -0.15) is 13.2 Å². The predicted octanol–water partition coefficient (Wildman–Crippen LogP) is 4.87. The van der Waals surface area contributed by atoms with Crippen molar-refractivity contribution in [3.63, 3.8) is 0 Å². The lowest BCUT2D eigenvalue weighted by atomic mass is 10.1. The van der Waals surface area contributed by atoms with E-state index < -0.39 is 21.6 Å². The number of aliphatic hydroxyl groups excluding tert-OH is 1. The van der Waals surface area contributed by atoms with E-state index in [1.165, 1.54) is 6.07 Å². The van der Waals surface area contributed by atoms with Gasteiger partial charge < -0.3 is 5.11 Å². The molecular weight excluding hydrogens is 367 g/mol. The first kappa shape index (κ1) is 15.4. The molecule has 1 aromatic rings. The van der Waals surface area contributed by atoms with Crippen LogP contribution >= 0.6 is 50.7 Å². The van der Waals surface area contributed by atoms with Gasteiger partial charge in [-0.1, -0.05) is 50.7 Å². The minimum Gasteiger partial charge on any atom is -0.384 e. The third-order valence-corrected chi connectivity index (χ3v) is 2.95. The van der Waals surface area contributed by atoms with E-state index in [0.29, 0.717) is 0 Å². The third-order valence-electron chi connectivity index (χ3n) is 1.87. The Kier molecular flexibility index (Phi) is 4.64. The van der Waals surface area contributed by atoms with Crippen molar-refractivity contribution in [2.24, 2.45) is 0 Å². The lowest BCUT2D eigenvalue weighted by molar-refractivity contribution is -0.137. The van der Waals surface area contributed by atoms with Crippen molar-refractivity contribution in [2.75, 3.05) is 0 Å². The first-order valence-corrected chi connectivity index (χ1v) is 6.07. The van der Waals surface area contributed by atoms with E-state index in [2.05, 4.69) is 15.9 Å². The Morgan fingerprint density at radius 2 is 1.65 bits per heavy atom. The zero-order valence-corrected chi connectivity index (χ0v) is 11.8. The molecule has 1 rings (SSSR count). The molecule has 0 aliphatic rings. The quantitative estimate of drug-likeness (QED) is 0.697. The Labute approximate surface area is 119 Å². The summed E-state index contributed by atoms with van der Waals surface area (Å²) in [5.41, 5.74) is -1.07. The highest BCUT2D eigenvalue weighted by Gasteiger charge is 2.36. The zero-order valence-electron chi connectivity index (χ0n) is 7.90. The second kappa shape index (κ2) is 5.13. The molecule has 0 aliphatic carbocycles. The number of hydrogen-bond acceptors (Lipinski definition) is 1. The van der Waals surface area contributed by atoms with Gasteiger partial charge in [0.15, 0.2) is 0 Å². The Bertz CT molecular complexity index is 417. The summed E-state index contributed by atoms with van der Waals surface area (Å²) in [6.07, 6.45) is -6.18. The summed E-state index contributed by atoms with van der Waals surface area (Å²) in [5.74, 6) is 0. The van der Waals surface area contributed by atoms with Gasteiger partial charge in [-0.05, 0) is 23.8 Å². The summed E-state index contributed by atoms with van der Waals surface area (Å²) in [6.45, 7) is 0. The lowest BCUT2D eigenvalue weighted by Crippen LogP contribution is -2.17. The molecule has 0 fully saturated rings. The van der Waals surface area contributed by atoms with Gasteiger partial charge >= 0.3 is 6.18 Å². The average molecular weight is 372 g/mol. The fourth-order valence-corrected chi connectivity index (χ4v) is 2.01. The maximum Gasteiger partial charge on any atom is 0.416 e. The number of alkyl halides is 6. The standard InChI is InChI=1S/C9H5BrCl3F3O/c10-6-2-4(7(17)8(11,12)13)1-5(3-6)9(14,15)16/h1-3,7,17H. The van der Waals surface area contributed by atoms with E-state index >= 15 is 0 Å². The molecule has 0 amide bonds. The number of hydrogen-bond donors (Lipinski definition) is 1. The Morgan fingerprint density at radius 3 is 2.06 bits per heavy atom. The smallest absolute Gasteiger partial charge is 0.384 e. The molecule has 0 spiro atoms. The van der Waals surface area contributed by atoms with E-state index in [0.717, 1.165) is 12.1 Å². The summed E-state index contributed by atoms with van der Waals surface area (Å²) >= 11 is 19.2. The van der Waals surface area contributed by atoms with Crippen molar-refractivity contribution in [1.29, 1.82) is 0 Å². The number of rotatable bonds is 1. The largest absolute Gasteiger partial charge is 0.416 e. The van der Waals surface area contributed by atoms with E-state index in [1.807, 2.05) is 0 Å². The van der Waals surface area contributed by atoms with Crippen LogP contribution in [-0.4, -0.2) is 8.90 Å². The van der Waals surface area contributed by atoms with Crippen molar-refractivity contribution in [3.05, 3.63) is 33.8 Å². The maximum atomic E-state index is 12.5. The summed E-state index contributed by atoms with van der Waals surface area (Å²) in [5, 5.41) is 9.59. The molecule has 1 unspecified atom stereocenters. The molecule has 1 N–H and O–H groups in total. The van der Waals surface area contributed by atoms with Crippen LogP contribution in [0.4, 0.5) is 13.2 Å². The number of benzene rings is 1. The fourth-order valence-electron chi connectivity index (χ4n) is 1.12. The summed E-state index contributed by atoms with van der Waals surface area (Å²) in [4.78, 5) is 0. The number of aliphatic hydroxyl groups is 1. The minimum absolute atomic E-state index is 0.133. The van der Waals surface area contributed by atoms with Gasteiger partial charge in [0.05, 0.1) is 5.56 Å². The Morgan fingerprint density at radius 1 is 1.12 bits per heavy atom. The van der Waals surface area contributed by atoms with Crippen LogP contribution in [0.2, 0.25) is 0 Å². The van der Waals surface area contributed by atoms with Crippen LogP contribution in [0.25, 0.3) is 0 Å². The van der Waals surface area contributed by atoms with Crippen molar-refractivity contribution in [2.45, 2.75) is 16.1 Å². The summed E-state index contributed by atoms with van der Waals surface area (Å²) in [7, 11) is 0. The van der Waals surface area contributed by atoms with Crippen LogP contribution in [-0.2, 0) is 6.18 Å². The molecule has 0 radical (unpaired) electrons. The molecule has 1 nitrogen and oxygen atoms in total. The normalized spacial score (nSPS) is 14.8. The fraction of sp³-hybridized carbons (Fsp3) is 0.333. The molecule has 0 heterocycles. The molecule has 17 heavy (non-hydrogen) atoms. The monoisotopic (exact) mass is 370 g/mol. The zero-order chi connectivity index (χ0) is 13.4. The van der Waals surface area contributed by atoms with Crippen LogP contribution in [0.1, 0.15) is 17.2 Å². The van der Waals surface area contributed by atoms with Crippen molar-refractivity contribution in [3.8, 4) is 0 Å². The molecule has 0 saturated heterocycles. The molecule has 0 bridgehead atoms. The van der Waals surface area contributed by atoms with Crippen LogP contribution in [0.3, 0.4) is 0 Å². The molecule has 0 aromatic heterocycles. The first-order chi connectivity index (χ1) is 7.51. The van der Waals surface area contributed by atoms with Crippen LogP contribution < -0.4 is 0 Å². The van der Waals surface area contributed by atoms with Gasteiger partial charge in [0.2, 0.25) is 3.79 Å². The van der Waals surface area contributed by atoms with E-state index in [1.54, 1.807) is 0 Å². The van der Waals surface area contributed by atoms with Gasteiger partial charge in [-0.3, -0.25) is 0 Å². The van der Waals surface area contributed by atoms with Crippen LogP contribution in [0.15, 0.2) is 22.7 Å². The molecule has 0 saturated carbocycles. The van der Waals surface area contributed by atoms with E-state index in [9.17, 15) is 18.3 Å². The predicted molar refractivity (Wildman–Crippen MR) is 64.4 cm³/mol. The van der Waals surface area contributed by atoms with Gasteiger partial charge in [-0.15, -0.1) is 0 Å². The molecule has 96 valence electrons. The molecular formula is C9H5BrCl3F3O. The maximum absolute atomic E-state index is 12.5. The molecule has 1 atom stereocenters. The lowest BCUT2D eigenvalue weighted by Gasteiger charge is -2.20. The van der Waals surface area contributed by atoms with Gasteiger partial charge in [-0.25, -0.2) is 0 Å². The van der Waals surface area contributed by atoms with E-state index in [4.69, 9.17) is 34.8 Å². The summed E-state index contributed by atoms with van der Waals surface area (Å²) < 4.78 is 35.6. The highest BCUT2D eigenvalue weighted by molar-refractivity contribution is 9.10. The summed E-state index contributed by atoms with van der Waals surface area (Å²) in [6, 6.07) is 2.85. The number of halogens is 7. The van der Waals surface area contributed by atoms with Crippen molar-refractivity contribution < 1.29 is 18.3 Å². The topological polar surface area (TPSA) is 20.2 Å². The second-order valence-corrected chi connectivity index (χ2v) is 6.50. The molecule has 0 aliphatic heterocycles. The minimum atomic E-state index is -4.54. The van der Waals surface area contributed by atoms with E-state index in [-0.39, 0.29) is 10.0 Å².